The quantitative estimate of drug-likeness (QED) is 0.779. The summed E-state index contributed by atoms with van der Waals surface area (Å²) in [4.78, 5) is 15.9. The molecule has 2 aromatic heterocycles. The number of nitrogens with zero attached hydrogens (tertiary/aromatic N) is 2. The van der Waals surface area contributed by atoms with Crippen molar-refractivity contribution in [2.75, 3.05) is 12.4 Å². The van der Waals surface area contributed by atoms with E-state index in [-0.39, 0.29) is 12.3 Å². The summed E-state index contributed by atoms with van der Waals surface area (Å²) in [6.07, 6.45) is 3.07. The van der Waals surface area contributed by atoms with Crippen LogP contribution < -0.4 is 10.1 Å². The number of methoxy groups -OCH3 is 1. The van der Waals surface area contributed by atoms with Crippen molar-refractivity contribution in [2.24, 2.45) is 0 Å². The van der Waals surface area contributed by atoms with Gasteiger partial charge in [0.1, 0.15) is 11.5 Å². The Morgan fingerprint density at radius 2 is 2.22 bits per heavy atom. The van der Waals surface area contributed by atoms with E-state index in [1.807, 2.05) is 0 Å². The van der Waals surface area contributed by atoms with Gasteiger partial charge in [0.05, 0.1) is 31.0 Å². The van der Waals surface area contributed by atoms with E-state index in [9.17, 15) is 4.79 Å². The minimum absolute atomic E-state index is 0.118. The van der Waals surface area contributed by atoms with Crippen molar-refractivity contribution in [3.63, 3.8) is 0 Å². The second-order valence-electron chi connectivity index (χ2n) is 4.94. The van der Waals surface area contributed by atoms with Crippen molar-refractivity contribution in [3.05, 3.63) is 48.3 Å². The average molecular weight is 313 g/mol. The van der Waals surface area contributed by atoms with E-state index in [1.54, 1.807) is 44.5 Å². The van der Waals surface area contributed by atoms with Gasteiger partial charge in [-0.1, -0.05) is 5.16 Å². The highest BCUT2D eigenvalue weighted by Gasteiger charge is 2.12. The van der Waals surface area contributed by atoms with Gasteiger partial charge in [-0.2, -0.15) is 0 Å². The molecular formula is C16H15N3O4. The first-order valence-corrected chi connectivity index (χ1v) is 6.94. The van der Waals surface area contributed by atoms with Crippen LogP contribution in [0.4, 0.5) is 5.69 Å². The van der Waals surface area contributed by atoms with E-state index in [4.69, 9.17) is 13.7 Å². The van der Waals surface area contributed by atoms with Crippen LogP contribution in [-0.2, 0) is 11.2 Å². The fraction of sp³-hybridized carbons (Fsp3) is 0.188. The van der Waals surface area contributed by atoms with Gasteiger partial charge in [0.2, 0.25) is 5.91 Å². The Labute approximate surface area is 132 Å². The number of ether oxygens (including phenoxy) is 1. The molecule has 3 aromatic rings. The Morgan fingerprint density at radius 3 is 2.87 bits per heavy atom. The van der Waals surface area contributed by atoms with Gasteiger partial charge in [0.25, 0.3) is 0 Å². The summed E-state index contributed by atoms with van der Waals surface area (Å²) in [5.41, 5.74) is 2.12. The molecule has 0 aliphatic heterocycles. The van der Waals surface area contributed by atoms with Crippen molar-refractivity contribution >= 4 is 11.6 Å². The number of aromatic nitrogens is 2. The highest BCUT2D eigenvalue weighted by atomic mass is 16.5. The fourth-order valence-corrected chi connectivity index (χ4v) is 2.18. The van der Waals surface area contributed by atoms with Crippen LogP contribution in [0.1, 0.15) is 11.5 Å². The monoisotopic (exact) mass is 313 g/mol. The Hall–Kier alpha value is -3.09. The van der Waals surface area contributed by atoms with Crippen LogP contribution in [0.25, 0.3) is 11.3 Å². The van der Waals surface area contributed by atoms with Crippen LogP contribution in [0.2, 0.25) is 0 Å². The van der Waals surface area contributed by atoms with Crippen LogP contribution >= 0.6 is 0 Å². The molecule has 0 fully saturated rings. The molecule has 3 rings (SSSR count). The van der Waals surface area contributed by atoms with Gasteiger partial charge in [-0.15, -0.1) is 0 Å². The number of aryl methyl sites for hydroxylation is 1. The molecule has 0 bridgehead atoms. The molecule has 1 amide bonds. The second-order valence-corrected chi connectivity index (χ2v) is 4.94. The summed E-state index contributed by atoms with van der Waals surface area (Å²) >= 11 is 0. The number of amides is 1. The number of hydrogen-bond acceptors (Lipinski definition) is 6. The molecule has 0 unspecified atom stereocenters. The lowest BCUT2D eigenvalue weighted by Gasteiger charge is -2.09. The summed E-state index contributed by atoms with van der Waals surface area (Å²) in [5.74, 6) is 1.49. The van der Waals surface area contributed by atoms with E-state index in [2.05, 4.69) is 15.5 Å². The summed E-state index contributed by atoms with van der Waals surface area (Å²) in [7, 11) is 1.55. The molecule has 1 aromatic carbocycles. The Morgan fingerprint density at radius 1 is 1.35 bits per heavy atom. The molecule has 118 valence electrons. The van der Waals surface area contributed by atoms with Crippen molar-refractivity contribution in [2.45, 2.75) is 13.3 Å². The zero-order chi connectivity index (χ0) is 16.2. The summed E-state index contributed by atoms with van der Waals surface area (Å²) in [5, 5.41) is 6.55. The molecule has 0 saturated heterocycles. The first kappa shape index (κ1) is 14.8. The van der Waals surface area contributed by atoms with Gasteiger partial charge in [0, 0.05) is 17.8 Å². The number of rotatable bonds is 5. The van der Waals surface area contributed by atoms with E-state index in [0.717, 1.165) is 11.3 Å². The number of hydrogen-bond donors (Lipinski definition) is 1. The number of oxazole rings is 1. The molecule has 0 atom stereocenters. The minimum Gasteiger partial charge on any atom is -0.496 e. The van der Waals surface area contributed by atoms with Crippen LogP contribution in [0.15, 0.2) is 45.8 Å². The Bertz CT molecular complexity index is 809. The second kappa shape index (κ2) is 6.35. The first-order valence-electron chi connectivity index (χ1n) is 6.94. The highest BCUT2D eigenvalue weighted by molar-refractivity contribution is 5.92. The van der Waals surface area contributed by atoms with Gasteiger partial charge in [-0.05, 0) is 19.1 Å². The minimum atomic E-state index is -0.199. The standard InChI is InChI=1S/C16H15N3O4/c1-10-5-12(23-19-10)7-16(20)18-11-3-4-13(14(6-11)21-2)15-8-17-9-22-15/h3-6,8-9H,7H2,1-2H3,(H,18,20). The van der Waals surface area contributed by atoms with Gasteiger partial charge in [-0.25, -0.2) is 4.98 Å². The van der Waals surface area contributed by atoms with Crippen LogP contribution in [0.3, 0.4) is 0 Å². The van der Waals surface area contributed by atoms with Crippen molar-refractivity contribution in [3.8, 4) is 17.1 Å². The lowest BCUT2D eigenvalue weighted by Crippen LogP contribution is -2.14. The largest absolute Gasteiger partial charge is 0.496 e. The van der Waals surface area contributed by atoms with Gasteiger partial charge >= 0.3 is 0 Å². The summed E-state index contributed by atoms with van der Waals surface area (Å²) in [6.45, 7) is 1.80. The summed E-state index contributed by atoms with van der Waals surface area (Å²) < 4.78 is 15.6. The predicted molar refractivity (Wildman–Crippen MR) is 82.1 cm³/mol. The maximum Gasteiger partial charge on any atom is 0.232 e. The van der Waals surface area contributed by atoms with Gasteiger partial charge in [-0.3, -0.25) is 4.79 Å². The molecule has 23 heavy (non-hydrogen) atoms. The zero-order valence-corrected chi connectivity index (χ0v) is 12.7. The third-order valence-corrected chi connectivity index (χ3v) is 3.19. The SMILES string of the molecule is COc1cc(NC(=O)Cc2cc(C)no2)ccc1-c1cnco1. The molecule has 0 spiro atoms. The lowest BCUT2D eigenvalue weighted by atomic mass is 10.1. The van der Waals surface area contributed by atoms with Gasteiger partial charge < -0.3 is 19.0 Å². The molecule has 7 nitrogen and oxygen atoms in total. The predicted octanol–water partition coefficient (Wildman–Crippen LogP) is 2.83. The van der Waals surface area contributed by atoms with Crippen molar-refractivity contribution in [1.29, 1.82) is 0 Å². The lowest BCUT2D eigenvalue weighted by molar-refractivity contribution is -0.115. The molecule has 7 heteroatoms. The molecule has 0 saturated carbocycles. The molecule has 1 N–H and O–H groups in total. The van der Waals surface area contributed by atoms with E-state index >= 15 is 0 Å². The third kappa shape index (κ3) is 3.39. The van der Waals surface area contributed by atoms with E-state index < -0.39 is 0 Å². The highest BCUT2D eigenvalue weighted by Crippen LogP contribution is 2.32. The smallest absolute Gasteiger partial charge is 0.232 e. The molecule has 0 aliphatic carbocycles. The average Bonchev–Trinajstić information content (AvgIpc) is 3.19. The number of anilines is 1. The van der Waals surface area contributed by atoms with Gasteiger partial charge in [0.15, 0.2) is 12.2 Å². The van der Waals surface area contributed by atoms with Crippen LogP contribution in [0.5, 0.6) is 5.75 Å². The fourth-order valence-electron chi connectivity index (χ4n) is 2.18. The number of carbonyl (C=O) groups excluding carboxylic acids is 1. The van der Waals surface area contributed by atoms with E-state index in [0.29, 0.717) is 23.0 Å². The maximum absolute atomic E-state index is 12.0. The number of nitrogens with one attached hydrogen (secondary N) is 1. The van der Waals surface area contributed by atoms with Crippen LogP contribution in [0, 0.1) is 6.92 Å². The first-order chi connectivity index (χ1) is 11.2. The van der Waals surface area contributed by atoms with Crippen molar-refractivity contribution < 1.29 is 18.5 Å². The number of benzene rings is 1. The Balaban J connectivity index is 1.74. The normalized spacial score (nSPS) is 10.5. The molecule has 0 radical (unpaired) electrons. The van der Waals surface area contributed by atoms with Crippen molar-refractivity contribution in [1.82, 2.24) is 10.1 Å². The zero-order valence-electron chi connectivity index (χ0n) is 12.7. The maximum atomic E-state index is 12.0. The molecular weight excluding hydrogens is 298 g/mol. The molecule has 0 aliphatic rings. The topological polar surface area (TPSA) is 90.4 Å². The third-order valence-electron chi connectivity index (χ3n) is 3.19. The number of carbonyl (C=O) groups is 1. The van der Waals surface area contributed by atoms with Crippen LogP contribution in [-0.4, -0.2) is 23.2 Å². The summed E-state index contributed by atoms with van der Waals surface area (Å²) in [6, 6.07) is 7.02. The van der Waals surface area contributed by atoms with E-state index in [1.165, 1.54) is 6.39 Å². The molecule has 2 heterocycles. The Kier molecular flexibility index (Phi) is 4.09.